The van der Waals surface area contributed by atoms with Gasteiger partial charge in [0, 0.05) is 26.1 Å². The van der Waals surface area contributed by atoms with Crippen LogP contribution in [0.5, 0.6) is 0 Å². The summed E-state index contributed by atoms with van der Waals surface area (Å²) in [5.41, 5.74) is 4.97. The monoisotopic (exact) mass is 544 g/mol. The number of anilines is 2. The first-order valence-corrected chi connectivity index (χ1v) is 15.5. The minimum atomic E-state index is -0.402. The summed E-state index contributed by atoms with van der Waals surface area (Å²) in [5.74, 6) is 0.764. The van der Waals surface area contributed by atoms with Gasteiger partial charge in [0.1, 0.15) is 6.10 Å². The Kier molecular flexibility index (Phi) is 8.24. The van der Waals surface area contributed by atoms with Gasteiger partial charge in [0.2, 0.25) is 5.91 Å². The molecule has 2 aromatic carbocycles. The Balaban J connectivity index is 1.28. The number of fused-ring (bicyclic) bond motifs is 1. The van der Waals surface area contributed by atoms with Crippen LogP contribution in [0.2, 0.25) is 0 Å². The quantitative estimate of drug-likeness (QED) is 0.495. The van der Waals surface area contributed by atoms with Crippen molar-refractivity contribution >= 4 is 23.2 Å². The highest BCUT2D eigenvalue weighted by atomic mass is 16.5. The molecule has 0 bridgehead atoms. The lowest BCUT2D eigenvalue weighted by molar-refractivity contribution is -0.127. The van der Waals surface area contributed by atoms with Crippen molar-refractivity contribution in [2.24, 2.45) is 5.92 Å². The van der Waals surface area contributed by atoms with Gasteiger partial charge < -0.3 is 14.5 Å². The first-order chi connectivity index (χ1) is 19.5. The fourth-order valence-corrected chi connectivity index (χ4v) is 7.38. The van der Waals surface area contributed by atoms with Crippen LogP contribution in [0.25, 0.3) is 11.1 Å². The molecule has 4 aliphatic rings. The van der Waals surface area contributed by atoms with E-state index in [0.717, 1.165) is 47.8 Å². The normalized spacial score (nSPS) is 27.8. The lowest BCUT2D eigenvalue weighted by atomic mass is 9.88. The highest BCUT2D eigenvalue weighted by Crippen LogP contribution is 2.40. The van der Waals surface area contributed by atoms with E-state index < -0.39 is 6.10 Å². The maximum atomic E-state index is 13.6. The largest absolute Gasteiger partial charge is 0.368 e. The van der Waals surface area contributed by atoms with Gasteiger partial charge in [-0.3, -0.25) is 20.2 Å². The van der Waals surface area contributed by atoms with Gasteiger partial charge in [-0.25, -0.2) is 0 Å². The fraction of sp³-hybridized carbons (Fsp3) is 0.576. The van der Waals surface area contributed by atoms with Crippen LogP contribution < -0.4 is 20.4 Å². The van der Waals surface area contributed by atoms with E-state index >= 15 is 0 Å². The number of carbonyl (C=O) groups excluding carboxylic acids is 2. The predicted octanol–water partition coefficient (Wildman–Crippen LogP) is 5.54. The van der Waals surface area contributed by atoms with Crippen molar-refractivity contribution in [3.8, 4) is 11.1 Å². The Morgan fingerprint density at radius 1 is 0.900 bits per heavy atom. The summed E-state index contributed by atoms with van der Waals surface area (Å²) in [6.45, 7) is 5.73. The molecule has 0 spiro atoms. The summed E-state index contributed by atoms with van der Waals surface area (Å²) in [4.78, 5) is 29.8. The lowest BCUT2D eigenvalue weighted by Crippen LogP contribution is -2.53. The summed E-state index contributed by atoms with van der Waals surface area (Å²) in [7, 11) is 0. The highest BCUT2D eigenvalue weighted by molar-refractivity contribution is 6.06. The van der Waals surface area contributed by atoms with Crippen molar-refractivity contribution in [2.75, 3.05) is 29.5 Å². The Morgan fingerprint density at radius 3 is 2.45 bits per heavy atom. The average molecular weight is 545 g/mol. The second kappa shape index (κ2) is 12.0. The smallest absolute Gasteiger partial charge is 0.256 e. The third kappa shape index (κ3) is 5.56. The molecule has 7 heteroatoms. The number of amides is 2. The highest BCUT2D eigenvalue weighted by Gasteiger charge is 2.37. The van der Waals surface area contributed by atoms with Gasteiger partial charge in [-0.15, -0.1) is 0 Å². The number of nitrogens with one attached hydrogen (secondary N) is 2. The zero-order valence-corrected chi connectivity index (χ0v) is 24.0. The van der Waals surface area contributed by atoms with Gasteiger partial charge in [-0.05, 0) is 86.4 Å². The van der Waals surface area contributed by atoms with Gasteiger partial charge in [-0.1, -0.05) is 49.9 Å². The second-order valence-corrected chi connectivity index (χ2v) is 12.2. The van der Waals surface area contributed by atoms with E-state index in [1.807, 2.05) is 22.8 Å². The molecule has 1 saturated carbocycles. The van der Waals surface area contributed by atoms with Gasteiger partial charge in [-0.2, -0.15) is 0 Å². The Bertz CT molecular complexity index is 1220. The molecular weight excluding hydrogens is 500 g/mol. The van der Waals surface area contributed by atoms with Crippen LogP contribution in [0.3, 0.4) is 0 Å². The van der Waals surface area contributed by atoms with Crippen molar-refractivity contribution in [3.05, 3.63) is 48.0 Å². The Labute approximate surface area is 238 Å². The Hall–Kier alpha value is -2.74. The van der Waals surface area contributed by atoms with Crippen LogP contribution in [-0.2, 0) is 14.3 Å². The molecule has 1 aliphatic carbocycles. The lowest BCUT2D eigenvalue weighted by Gasteiger charge is -2.41. The van der Waals surface area contributed by atoms with Crippen LogP contribution in [0, 0.1) is 5.92 Å². The van der Waals surface area contributed by atoms with Crippen LogP contribution >= 0.6 is 0 Å². The average Bonchev–Trinajstić information content (AvgIpc) is 3.38. The third-order valence-corrected chi connectivity index (χ3v) is 9.43. The summed E-state index contributed by atoms with van der Waals surface area (Å²) in [6.07, 6.45) is 10.7. The molecule has 2 amide bonds. The number of ether oxygens (including phenoxy) is 1. The molecule has 4 atom stereocenters. The molecular formula is C33H44N4O3. The first kappa shape index (κ1) is 27.4. The zero-order chi connectivity index (χ0) is 27.6. The van der Waals surface area contributed by atoms with Crippen LogP contribution in [-0.4, -0.2) is 49.7 Å². The van der Waals surface area contributed by atoms with Crippen molar-refractivity contribution in [1.29, 1.82) is 0 Å². The second-order valence-electron chi connectivity index (χ2n) is 12.2. The number of benzene rings is 2. The molecule has 214 valence electrons. The number of nitrogens with zero attached hydrogens (tertiary/aromatic N) is 2. The molecule has 3 heterocycles. The molecule has 2 aromatic rings. The van der Waals surface area contributed by atoms with Crippen LogP contribution in [0.15, 0.2) is 42.5 Å². The molecule has 7 nitrogen and oxygen atoms in total. The van der Waals surface area contributed by atoms with Gasteiger partial charge in [0.05, 0.1) is 23.6 Å². The Morgan fingerprint density at radius 2 is 1.70 bits per heavy atom. The van der Waals surface area contributed by atoms with Crippen LogP contribution in [0.4, 0.5) is 11.4 Å². The number of carbonyl (C=O) groups is 2. The maximum absolute atomic E-state index is 13.6. The number of hydrogen-bond donors (Lipinski definition) is 2. The predicted molar refractivity (Wildman–Crippen MR) is 159 cm³/mol. The fourth-order valence-electron chi connectivity index (χ4n) is 7.38. The zero-order valence-electron chi connectivity index (χ0n) is 24.0. The number of hydrogen-bond acceptors (Lipinski definition) is 5. The molecule has 40 heavy (non-hydrogen) atoms. The SMILES string of the molecule is CC(=O)N1c2ccc(-c3cccc(C4NCCC(C5CCCCCC5)N4)c3)cc2N(C(=O)C2CCCO2)CC1C. The van der Waals surface area contributed by atoms with Crippen molar-refractivity contribution in [2.45, 2.75) is 96.0 Å². The maximum Gasteiger partial charge on any atom is 0.256 e. The number of rotatable bonds is 4. The van der Waals surface area contributed by atoms with Gasteiger partial charge >= 0.3 is 0 Å². The van der Waals surface area contributed by atoms with E-state index in [1.165, 1.54) is 50.5 Å². The van der Waals surface area contributed by atoms with E-state index in [9.17, 15) is 9.59 Å². The van der Waals surface area contributed by atoms with Gasteiger partial charge in [0.15, 0.2) is 0 Å². The molecule has 3 aliphatic heterocycles. The van der Waals surface area contributed by atoms with Crippen LogP contribution in [0.1, 0.15) is 83.4 Å². The van der Waals surface area contributed by atoms with Crippen molar-refractivity contribution in [3.63, 3.8) is 0 Å². The van der Waals surface area contributed by atoms with E-state index in [-0.39, 0.29) is 24.0 Å². The first-order valence-electron chi connectivity index (χ1n) is 15.5. The topological polar surface area (TPSA) is 73.9 Å². The minimum absolute atomic E-state index is 0.000127. The summed E-state index contributed by atoms with van der Waals surface area (Å²) in [5, 5.41) is 7.65. The standard InChI is InChI=1S/C33H44N4O3/c1-22-21-36(33(39)31-13-8-18-40-31)30-20-26(14-15-29(30)37(22)23(2)38)25-11-7-12-27(19-25)32-34-17-16-28(35-32)24-9-5-3-4-6-10-24/h7,11-12,14-15,19-20,22,24,28,31-32,34-35H,3-6,8-10,13,16-18,21H2,1-2H3. The third-order valence-electron chi connectivity index (χ3n) is 9.43. The molecule has 4 unspecified atom stereocenters. The molecule has 0 aromatic heterocycles. The molecule has 6 rings (SSSR count). The molecule has 2 saturated heterocycles. The molecule has 2 N–H and O–H groups in total. The summed E-state index contributed by atoms with van der Waals surface area (Å²) >= 11 is 0. The van der Waals surface area contributed by atoms with E-state index in [4.69, 9.17) is 4.74 Å². The van der Waals surface area contributed by atoms with Crippen molar-refractivity contribution in [1.82, 2.24) is 10.6 Å². The van der Waals surface area contributed by atoms with E-state index in [1.54, 1.807) is 6.92 Å². The van der Waals surface area contributed by atoms with E-state index in [2.05, 4.69) is 47.0 Å². The summed E-state index contributed by atoms with van der Waals surface area (Å²) in [6, 6.07) is 15.4. The van der Waals surface area contributed by atoms with Gasteiger partial charge in [0.25, 0.3) is 5.91 Å². The van der Waals surface area contributed by atoms with Crippen molar-refractivity contribution < 1.29 is 14.3 Å². The summed E-state index contributed by atoms with van der Waals surface area (Å²) < 4.78 is 5.76. The van der Waals surface area contributed by atoms with E-state index in [0.29, 0.717) is 19.2 Å². The molecule has 3 fully saturated rings. The molecule has 0 radical (unpaired) electrons. The minimum Gasteiger partial charge on any atom is -0.368 e.